The second-order valence-electron chi connectivity index (χ2n) is 2.14. The molecule has 1 heterocycles. The van der Waals surface area contributed by atoms with E-state index in [4.69, 9.17) is 0 Å². The summed E-state index contributed by atoms with van der Waals surface area (Å²) in [5.74, 6) is -1.17. The Kier molecular flexibility index (Phi) is 2.50. The van der Waals surface area contributed by atoms with Gasteiger partial charge in [-0.15, -0.1) is 0 Å². The van der Waals surface area contributed by atoms with Crippen molar-refractivity contribution in [1.82, 2.24) is 5.06 Å². The third kappa shape index (κ3) is 1.96. The van der Waals surface area contributed by atoms with Crippen molar-refractivity contribution >= 4 is 18.0 Å². The molecule has 0 aromatic carbocycles. The minimum absolute atomic E-state index is 0.0299. The molecule has 0 radical (unpaired) electrons. The highest BCUT2D eigenvalue weighted by Crippen LogP contribution is 2.12. The minimum atomic E-state index is -1.27. The number of carbonyl (C=O) groups excluding carboxylic acids is 3. The van der Waals surface area contributed by atoms with Gasteiger partial charge >= 0.3 is 6.16 Å². The largest absolute Gasteiger partial charge is 0.548 e. The molecule has 0 unspecified atom stereocenters. The minimum Gasteiger partial charge on any atom is -0.339 e. The number of carbonyl (C=O) groups is 3. The molecule has 1 aliphatic rings. The molecule has 0 aromatic heterocycles. The number of rotatable bonds is 1. The Morgan fingerprint density at radius 1 is 1.38 bits per heavy atom. The van der Waals surface area contributed by atoms with Crippen LogP contribution in [0.5, 0.6) is 0 Å². The Hall–Kier alpha value is -2.03. The van der Waals surface area contributed by atoms with E-state index in [0.29, 0.717) is 5.06 Å². The highest BCUT2D eigenvalue weighted by atomic mass is 16.8. The van der Waals surface area contributed by atoms with E-state index in [9.17, 15) is 14.4 Å². The average Bonchev–Trinajstić information content (AvgIpc) is 2.36. The summed E-state index contributed by atoms with van der Waals surface area (Å²) < 4.78 is 3.92. The number of hydrogen-bond acceptors (Lipinski definition) is 5. The van der Waals surface area contributed by atoms with Gasteiger partial charge in [-0.05, 0) is 0 Å². The zero-order valence-corrected chi connectivity index (χ0v) is 6.48. The van der Waals surface area contributed by atoms with E-state index in [1.807, 2.05) is 0 Å². The topological polar surface area (TPSA) is 72.9 Å². The fourth-order valence-corrected chi connectivity index (χ4v) is 0.799. The Morgan fingerprint density at radius 2 is 1.92 bits per heavy atom. The van der Waals surface area contributed by atoms with Gasteiger partial charge in [0.25, 0.3) is 11.8 Å². The molecule has 1 fully saturated rings. The van der Waals surface area contributed by atoms with Gasteiger partial charge in [-0.25, -0.2) is 4.79 Å². The van der Waals surface area contributed by atoms with Crippen molar-refractivity contribution in [3.05, 3.63) is 0 Å². The fourth-order valence-electron chi connectivity index (χ4n) is 0.799. The normalized spacial score (nSPS) is 15.5. The van der Waals surface area contributed by atoms with Crippen molar-refractivity contribution in [2.45, 2.75) is 12.8 Å². The highest BCUT2D eigenvalue weighted by Gasteiger charge is 2.33. The maximum absolute atomic E-state index is 10.8. The molecule has 0 saturated carbocycles. The molecule has 6 nitrogen and oxygen atoms in total. The number of hydrogen-bond donors (Lipinski definition) is 0. The van der Waals surface area contributed by atoms with Crippen LogP contribution in [0.4, 0.5) is 4.79 Å². The van der Waals surface area contributed by atoms with Gasteiger partial charge in [0.15, 0.2) is 0 Å². The monoisotopic (exact) mass is 183 g/mol. The lowest BCUT2D eigenvalue weighted by molar-refractivity contribution is -0.175. The summed E-state index contributed by atoms with van der Waals surface area (Å²) in [7, 11) is 0. The lowest BCUT2D eigenvalue weighted by Gasteiger charge is -2.09. The summed E-state index contributed by atoms with van der Waals surface area (Å²) in [6.45, 7) is 0. The molecule has 13 heavy (non-hydrogen) atoms. The first-order valence-corrected chi connectivity index (χ1v) is 3.35. The van der Waals surface area contributed by atoms with Crippen molar-refractivity contribution in [3.8, 4) is 12.5 Å². The van der Waals surface area contributed by atoms with E-state index in [1.165, 1.54) is 0 Å². The van der Waals surface area contributed by atoms with E-state index >= 15 is 0 Å². The highest BCUT2D eigenvalue weighted by molar-refractivity contribution is 6.01. The van der Waals surface area contributed by atoms with E-state index in [-0.39, 0.29) is 12.8 Å². The molecule has 0 N–H and O–H groups in total. The van der Waals surface area contributed by atoms with E-state index in [1.54, 1.807) is 6.11 Å². The van der Waals surface area contributed by atoms with Gasteiger partial charge in [0.2, 0.25) is 0 Å². The van der Waals surface area contributed by atoms with Crippen LogP contribution >= 0.6 is 0 Å². The number of imide groups is 1. The smallest absolute Gasteiger partial charge is 0.339 e. The molecule has 0 aliphatic carbocycles. The summed E-state index contributed by atoms with van der Waals surface area (Å²) in [6.07, 6.45) is 4.95. The van der Waals surface area contributed by atoms with Gasteiger partial charge < -0.3 is 4.74 Å². The maximum atomic E-state index is 10.8. The van der Waals surface area contributed by atoms with Crippen LogP contribution in [0.15, 0.2) is 0 Å². The quantitative estimate of drug-likeness (QED) is 0.319. The molecule has 0 aromatic rings. The SMILES string of the molecule is C#COC(=O)ON1C(=O)CCC1=O. The summed E-state index contributed by atoms with van der Waals surface area (Å²) >= 11 is 0. The fraction of sp³-hybridized carbons (Fsp3) is 0.286. The van der Waals surface area contributed by atoms with Gasteiger partial charge in [-0.3, -0.25) is 14.4 Å². The first kappa shape index (κ1) is 9.06. The Morgan fingerprint density at radius 3 is 2.38 bits per heavy atom. The standard InChI is InChI=1S/C7H5NO5/c1-2-12-7(11)13-8-5(9)3-4-6(8)10/h1H,3-4H2. The molecule has 2 amide bonds. The Labute approximate surface area is 73.3 Å². The molecule has 0 atom stereocenters. The predicted molar refractivity (Wildman–Crippen MR) is 37.5 cm³/mol. The summed E-state index contributed by atoms with van der Waals surface area (Å²) in [5.41, 5.74) is 0. The molecule has 6 heteroatoms. The van der Waals surface area contributed by atoms with Gasteiger partial charge in [-0.1, -0.05) is 11.5 Å². The van der Waals surface area contributed by atoms with Crippen molar-refractivity contribution < 1.29 is 24.0 Å². The van der Waals surface area contributed by atoms with Crippen molar-refractivity contribution in [1.29, 1.82) is 0 Å². The first-order valence-electron chi connectivity index (χ1n) is 3.35. The van der Waals surface area contributed by atoms with Crippen molar-refractivity contribution in [3.63, 3.8) is 0 Å². The molecule has 1 aliphatic heterocycles. The molecule has 1 rings (SSSR count). The number of nitrogens with zero attached hydrogens (tertiary/aromatic N) is 1. The number of ether oxygens (including phenoxy) is 1. The van der Waals surface area contributed by atoms with Crippen LogP contribution in [0, 0.1) is 12.5 Å². The molecule has 0 bridgehead atoms. The first-order chi connectivity index (χ1) is 6.15. The van der Waals surface area contributed by atoms with Crippen LogP contribution in [-0.2, 0) is 19.2 Å². The van der Waals surface area contributed by atoms with Gasteiger partial charge in [-0.2, -0.15) is 0 Å². The predicted octanol–water partition coefficient (Wildman–Crippen LogP) is -0.206. The average molecular weight is 183 g/mol. The van der Waals surface area contributed by atoms with Crippen molar-refractivity contribution in [2.75, 3.05) is 0 Å². The lowest BCUT2D eigenvalue weighted by atomic mass is 10.4. The number of hydroxylamine groups is 2. The van der Waals surface area contributed by atoms with Gasteiger partial charge in [0, 0.05) is 12.8 Å². The second kappa shape index (κ2) is 3.58. The van der Waals surface area contributed by atoms with Crippen LogP contribution in [0.25, 0.3) is 0 Å². The summed E-state index contributed by atoms with van der Waals surface area (Å²) in [6, 6.07) is 0. The summed E-state index contributed by atoms with van der Waals surface area (Å²) in [4.78, 5) is 36.5. The zero-order chi connectivity index (χ0) is 9.84. The lowest BCUT2D eigenvalue weighted by Crippen LogP contribution is -2.31. The van der Waals surface area contributed by atoms with E-state index < -0.39 is 18.0 Å². The maximum Gasteiger partial charge on any atom is 0.548 e. The Balaban J connectivity index is 2.54. The second-order valence-corrected chi connectivity index (χ2v) is 2.14. The molecule has 68 valence electrons. The number of amides is 2. The van der Waals surface area contributed by atoms with Crippen LogP contribution < -0.4 is 0 Å². The van der Waals surface area contributed by atoms with Crippen LogP contribution in [0.2, 0.25) is 0 Å². The van der Waals surface area contributed by atoms with Gasteiger partial charge in [0.05, 0.1) is 0 Å². The van der Waals surface area contributed by atoms with Crippen LogP contribution in [-0.4, -0.2) is 23.0 Å². The third-order valence-electron chi connectivity index (χ3n) is 1.31. The third-order valence-corrected chi connectivity index (χ3v) is 1.31. The molecular formula is C7H5NO5. The van der Waals surface area contributed by atoms with E-state index in [0.717, 1.165) is 0 Å². The molecule has 0 spiro atoms. The van der Waals surface area contributed by atoms with Gasteiger partial charge in [0.1, 0.15) is 6.11 Å². The zero-order valence-electron chi connectivity index (χ0n) is 6.48. The summed E-state index contributed by atoms with van der Waals surface area (Å²) in [5, 5.41) is 0.347. The van der Waals surface area contributed by atoms with Crippen LogP contribution in [0.3, 0.4) is 0 Å². The molecule has 1 saturated heterocycles. The Bertz CT molecular complexity index is 286. The van der Waals surface area contributed by atoms with Crippen molar-refractivity contribution in [2.24, 2.45) is 0 Å². The number of terminal acetylenes is 1. The molecular weight excluding hydrogens is 178 g/mol. The van der Waals surface area contributed by atoms with Crippen LogP contribution in [0.1, 0.15) is 12.8 Å². The van der Waals surface area contributed by atoms with E-state index in [2.05, 4.69) is 16.0 Å².